The van der Waals surface area contributed by atoms with Crippen molar-refractivity contribution >= 4 is 27.0 Å². The van der Waals surface area contributed by atoms with Crippen LogP contribution >= 0.6 is 15.9 Å². The molecular weight excluding hydrogens is 358 g/mol. The molecule has 0 aliphatic heterocycles. The Kier molecular flexibility index (Phi) is 3.93. The molecule has 2 heterocycles. The zero-order chi connectivity index (χ0) is 16.7. The van der Waals surface area contributed by atoms with Gasteiger partial charge in [0.15, 0.2) is 0 Å². The highest BCUT2D eigenvalue weighted by molar-refractivity contribution is 9.10. The molecule has 3 aromatic rings. The Balaban J connectivity index is 2.30. The predicted molar refractivity (Wildman–Crippen MR) is 94.0 cm³/mol. The fourth-order valence-corrected chi connectivity index (χ4v) is 3.22. The van der Waals surface area contributed by atoms with Gasteiger partial charge in [0.25, 0.3) is 5.56 Å². The Hall–Kier alpha value is -2.21. The summed E-state index contributed by atoms with van der Waals surface area (Å²) in [6.45, 7) is 3.95. The number of fused-ring (bicyclic) bond motifs is 1. The average Bonchev–Trinajstić information content (AvgIpc) is 2.48. The summed E-state index contributed by atoms with van der Waals surface area (Å²) in [4.78, 5) is 29.8. The van der Waals surface area contributed by atoms with E-state index < -0.39 is 0 Å². The Labute approximate surface area is 141 Å². The number of aromatic nitrogens is 3. The molecule has 0 unspecified atom stereocenters. The van der Waals surface area contributed by atoms with E-state index in [0.29, 0.717) is 11.0 Å². The summed E-state index contributed by atoms with van der Waals surface area (Å²) in [6.07, 6.45) is 0. The predicted octanol–water partition coefficient (Wildman–Crippen LogP) is 2.52. The van der Waals surface area contributed by atoms with Crippen molar-refractivity contribution in [3.63, 3.8) is 0 Å². The SMILES string of the molecule is Cc1cc(C)c2c(=O)n(Cc3cccc(Br)c3)c(=O)n(C)c2n1. The molecule has 0 aliphatic carbocycles. The second kappa shape index (κ2) is 5.77. The summed E-state index contributed by atoms with van der Waals surface area (Å²) in [6, 6.07) is 9.43. The molecule has 118 valence electrons. The van der Waals surface area contributed by atoms with Crippen LogP contribution in [-0.2, 0) is 13.6 Å². The summed E-state index contributed by atoms with van der Waals surface area (Å²) in [5.74, 6) is 0. The van der Waals surface area contributed by atoms with Crippen molar-refractivity contribution in [2.24, 2.45) is 7.05 Å². The summed E-state index contributed by atoms with van der Waals surface area (Å²) in [7, 11) is 1.65. The van der Waals surface area contributed by atoms with Crippen LogP contribution < -0.4 is 11.2 Å². The van der Waals surface area contributed by atoms with E-state index in [-0.39, 0.29) is 17.8 Å². The first-order chi connectivity index (χ1) is 10.9. The first-order valence-electron chi connectivity index (χ1n) is 7.20. The second-order valence-corrected chi connectivity index (χ2v) is 6.56. The first kappa shape index (κ1) is 15.7. The van der Waals surface area contributed by atoms with Crippen LogP contribution in [0.1, 0.15) is 16.8 Å². The minimum Gasteiger partial charge on any atom is -0.280 e. The minimum absolute atomic E-state index is 0.230. The Morgan fingerprint density at radius 3 is 2.61 bits per heavy atom. The third-order valence-corrected chi connectivity index (χ3v) is 4.34. The zero-order valence-corrected chi connectivity index (χ0v) is 14.7. The average molecular weight is 374 g/mol. The van der Waals surface area contributed by atoms with Gasteiger partial charge in [0.1, 0.15) is 5.65 Å². The molecule has 0 aliphatic rings. The number of nitrogens with zero attached hydrogens (tertiary/aromatic N) is 3. The molecule has 0 atom stereocenters. The highest BCUT2D eigenvalue weighted by Gasteiger charge is 2.14. The van der Waals surface area contributed by atoms with Gasteiger partial charge in [0, 0.05) is 17.2 Å². The maximum absolute atomic E-state index is 12.8. The second-order valence-electron chi connectivity index (χ2n) is 5.64. The number of pyridine rings is 1. The lowest BCUT2D eigenvalue weighted by Crippen LogP contribution is -2.40. The Morgan fingerprint density at radius 1 is 1.17 bits per heavy atom. The number of benzene rings is 1. The molecule has 6 heteroatoms. The van der Waals surface area contributed by atoms with Crippen molar-refractivity contribution in [1.29, 1.82) is 0 Å². The largest absolute Gasteiger partial charge is 0.332 e. The van der Waals surface area contributed by atoms with E-state index in [1.807, 2.05) is 44.2 Å². The molecule has 3 rings (SSSR count). The van der Waals surface area contributed by atoms with Crippen molar-refractivity contribution in [2.45, 2.75) is 20.4 Å². The number of rotatable bonds is 2. The van der Waals surface area contributed by atoms with Gasteiger partial charge in [-0.05, 0) is 43.2 Å². The van der Waals surface area contributed by atoms with Gasteiger partial charge < -0.3 is 0 Å². The van der Waals surface area contributed by atoms with Gasteiger partial charge in [0.2, 0.25) is 0 Å². The molecule has 0 spiro atoms. The summed E-state index contributed by atoms with van der Waals surface area (Å²) >= 11 is 3.41. The van der Waals surface area contributed by atoms with Crippen molar-refractivity contribution < 1.29 is 0 Å². The van der Waals surface area contributed by atoms with E-state index in [1.165, 1.54) is 9.13 Å². The van der Waals surface area contributed by atoms with Gasteiger partial charge in [-0.15, -0.1) is 0 Å². The Bertz CT molecular complexity index is 1030. The third-order valence-electron chi connectivity index (χ3n) is 3.85. The standard InChI is InChI=1S/C17H16BrN3O2/c1-10-7-11(2)19-15-14(10)16(22)21(17(23)20(15)3)9-12-5-4-6-13(18)8-12/h4-8H,9H2,1-3H3. The topological polar surface area (TPSA) is 56.9 Å². The summed E-state index contributed by atoms with van der Waals surface area (Å²) in [5.41, 5.74) is 2.27. The first-order valence-corrected chi connectivity index (χ1v) is 8.00. The summed E-state index contributed by atoms with van der Waals surface area (Å²) < 4.78 is 3.61. The lowest BCUT2D eigenvalue weighted by molar-refractivity contribution is 0.655. The zero-order valence-electron chi connectivity index (χ0n) is 13.1. The normalized spacial score (nSPS) is 11.1. The number of halogens is 1. The van der Waals surface area contributed by atoms with Crippen LogP contribution in [0.15, 0.2) is 44.4 Å². The fraction of sp³-hybridized carbons (Fsp3) is 0.235. The monoisotopic (exact) mass is 373 g/mol. The van der Waals surface area contributed by atoms with Crippen LogP contribution in [0.3, 0.4) is 0 Å². The third kappa shape index (κ3) is 2.74. The van der Waals surface area contributed by atoms with Crippen LogP contribution in [-0.4, -0.2) is 14.1 Å². The smallest absolute Gasteiger partial charge is 0.280 e. The van der Waals surface area contributed by atoms with E-state index in [0.717, 1.165) is 21.3 Å². The van der Waals surface area contributed by atoms with Gasteiger partial charge >= 0.3 is 5.69 Å². The maximum Gasteiger partial charge on any atom is 0.332 e. The number of aryl methyl sites for hydroxylation is 3. The molecule has 0 fully saturated rings. The van der Waals surface area contributed by atoms with Crippen LogP contribution in [0.2, 0.25) is 0 Å². The van der Waals surface area contributed by atoms with Gasteiger partial charge in [-0.25, -0.2) is 9.78 Å². The molecule has 23 heavy (non-hydrogen) atoms. The van der Waals surface area contributed by atoms with Crippen LogP contribution in [0, 0.1) is 13.8 Å². The van der Waals surface area contributed by atoms with Gasteiger partial charge in [-0.2, -0.15) is 0 Å². The van der Waals surface area contributed by atoms with E-state index >= 15 is 0 Å². The molecule has 0 saturated carbocycles. The lowest BCUT2D eigenvalue weighted by atomic mass is 10.1. The minimum atomic E-state index is -0.361. The molecule has 0 bridgehead atoms. The quantitative estimate of drug-likeness (QED) is 0.693. The molecule has 1 aromatic carbocycles. The molecule has 0 radical (unpaired) electrons. The van der Waals surface area contributed by atoms with E-state index in [2.05, 4.69) is 20.9 Å². The van der Waals surface area contributed by atoms with Gasteiger partial charge in [0.05, 0.1) is 11.9 Å². The van der Waals surface area contributed by atoms with Crippen molar-refractivity contribution in [1.82, 2.24) is 14.1 Å². The van der Waals surface area contributed by atoms with Crippen molar-refractivity contribution in [2.75, 3.05) is 0 Å². The van der Waals surface area contributed by atoms with Gasteiger partial charge in [-0.3, -0.25) is 13.9 Å². The fourth-order valence-electron chi connectivity index (χ4n) is 2.77. The van der Waals surface area contributed by atoms with Crippen molar-refractivity contribution in [3.05, 3.63) is 72.5 Å². The highest BCUT2D eigenvalue weighted by atomic mass is 79.9. The van der Waals surface area contributed by atoms with Crippen LogP contribution in [0.25, 0.3) is 11.0 Å². The molecule has 2 aromatic heterocycles. The molecule has 5 nitrogen and oxygen atoms in total. The highest BCUT2D eigenvalue weighted by Crippen LogP contribution is 2.14. The number of hydrogen-bond donors (Lipinski definition) is 0. The summed E-state index contributed by atoms with van der Waals surface area (Å²) in [5, 5.41) is 0.493. The van der Waals surface area contributed by atoms with E-state index in [4.69, 9.17) is 0 Å². The lowest BCUT2D eigenvalue weighted by Gasteiger charge is -2.12. The van der Waals surface area contributed by atoms with Crippen LogP contribution in [0.4, 0.5) is 0 Å². The van der Waals surface area contributed by atoms with E-state index in [1.54, 1.807) is 7.05 Å². The van der Waals surface area contributed by atoms with Crippen LogP contribution in [0.5, 0.6) is 0 Å². The van der Waals surface area contributed by atoms with E-state index in [9.17, 15) is 9.59 Å². The Morgan fingerprint density at radius 2 is 1.91 bits per heavy atom. The molecule has 0 saturated heterocycles. The molecular formula is C17H16BrN3O2. The molecule has 0 amide bonds. The number of hydrogen-bond acceptors (Lipinski definition) is 3. The van der Waals surface area contributed by atoms with Gasteiger partial charge in [-0.1, -0.05) is 28.1 Å². The maximum atomic E-state index is 12.8. The molecule has 0 N–H and O–H groups in total. The van der Waals surface area contributed by atoms with Crippen molar-refractivity contribution in [3.8, 4) is 0 Å².